The molecule has 0 radical (unpaired) electrons. The summed E-state index contributed by atoms with van der Waals surface area (Å²) in [6.45, 7) is 6.00. The lowest BCUT2D eigenvalue weighted by atomic mass is 10.1. The molecule has 33 heavy (non-hydrogen) atoms. The van der Waals surface area contributed by atoms with Crippen LogP contribution in [0.25, 0.3) is 12.2 Å². The highest BCUT2D eigenvalue weighted by Crippen LogP contribution is 2.21. The van der Waals surface area contributed by atoms with Gasteiger partial charge in [-0.1, -0.05) is 46.6 Å². The van der Waals surface area contributed by atoms with Gasteiger partial charge in [0.25, 0.3) is 0 Å². The molecule has 0 spiro atoms. The first-order valence-electron chi connectivity index (χ1n) is 10.2. The van der Waals surface area contributed by atoms with Gasteiger partial charge in [0.15, 0.2) is 5.71 Å². The molecule has 0 heterocycles. The van der Waals surface area contributed by atoms with Crippen LogP contribution in [0.3, 0.4) is 0 Å². The van der Waals surface area contributed by atoms with Crippen molar-refractivity contribution in [2.75, 3.05) is 27.4 Å². The van der Waals surface area contributed by atoms with Crippen LogP contribution in [0, 0.1) is 13.8 Å². The van der Waals surface area contributed by atoms with Crippen molar-refractivity contribution < 1.29 is 29.0 Å². The maximum absolute atomic E-state index is 10.5. The normalized spacial score (nSPS) is 11.3. The molecule has 0 saturated carbocycles. The summed E-state index contributed by atoms with van der Waals surface area (Å²) < 4.78 is 10.4. The predicted molar refractivity (Wildman–Crippen MR) is 130 cm³/mol. The smallest absolute Gasteiger partial charge is 0.353 e. The third kappa shape index (κ3) is 10.5. The van der Waals surface area contributed by atoms with Gasteiger partial charge in [-0.2, -0.15) is 0 Å². The van der Waals surface area contributed by atoms with Crippen LogP contribution < -0.4 is 15.4 Å². The zero-order valence-corrected chi connectivity index (χ0v) is 19.7. The van der Waals surface area contributed by atoms with Crippen molar-refractivity contribution in [1.82, 2.24) is 0 Å². The van der Waals surface area contributed by atoms with Gasteiger partial charge in [0.1, 0.15) is 18.1 Å². The molecular formula is C25H32N2O6. The molecule has 178 valence electrons. The van der Waals surface area contributed by atoms with Crippen molar-refractivity contribution in [2.24, 2.45) is 11.1 Å². The van der Waals surface area contributed by atoms with E-state index in [0.717, 1.165) is 28.2 Å². The zero-order valence-electron chi connectivity index (χ0n) is 19.7. The number of carboxylic acids is 1. The minimum absolute atomic E-state index is 0.0819. The second-order valence-corrected chi connectivity index (χ2v) is 6.91. The number of nitrogens with zero attached hydrogens (tertiary/aromatic N) is 1. The standard InChI is InChI=1S/C14H17NO4.C11H15NO2/c1-10-6-7-13(18-3)12(9-10)5-4-8-19-15-11(2)14(16)17;1-9-5-6-11(13-2)10(8-9)4-3-7-14-12/h4-7,9H,8H2,1-3H3,(H,16,17);3-6,8H,7,12H2,1-2H3. The average molecular weight is 457 g/mol. The fourth-order valence-electron chi connectivity index (χ4n) is 2.59. The number of carbonyl (C=O) groups is 1. The summed E-state index contributed by atoms with van der Waals surface area (Å²) in [6, 6.07) is 11.8. The van der Waals surface area contributed by atoms with Crippen LogP contribution in [-0.2, 0) is 14.5 Å². The molecule has 0 amide bonds. The second-order valence-electron chi connectivity index (χ2n) is 6.91. The summed E-state index contributed by atoms with van der Waals surface area (Å²) in [4.78, 5) is 19.8. The van der Waals surface area contributed by atoms with Crippen molar-refractivity contribution in [3.63, 3.8) is 0 Å². The van der Waals surface area contributed by atoms with Gasteiger partial charge in [-0.3, -0.25) is 0 Å². The number of rotatable bonds is 10. The molecule has 8 heteroatoms. The van der Waals surface area contributed by atoms with Crippen LogP contribution in [0.4, 0.5) is 0 Å². The molecule has 0 unspecified atom stereocenters. The number of hydrogen-bond donors (Lipinski definition) is 2. The molecule has 2 aromatic rings. The molecule has 0 aliphatic carbocycles. The number of ether oxygens (including phenoxy) is 2. The van der Waals surface area contributed by atoms with E-state index in [1.54, 1.807) is 20.3 Å². The molecule has 8 nitrogen and oxygen atoms in total. The Bertz CT molecular complexity index is 983. The van der Waals surface area contributed by atoms with Gasteiger partial charge < -0.3 is 24.3 Å². The van der Waals surface area contributed by atoms with Crippen molar-refractivity contribution in [3.8, 4) is 11.5 Å². The van der Waals surface area contributed by atoms with Gasteiger partial charge in [0.2, 0.25) is 0 Å². The molecule has 0 atom stereocenters. The van der Waals surface area contributed by atoms with E-state index in [4.69, 9.17) is 25.3 Å². The number of benzene rings is 2. The summed E-state index contributed by atoms with van der Waals surface area (Å²) >= 11 is 0. The third-order valence-corrected chi connectivity index (χ3v) is 4.24. The zero-order chi connectivity index (χ0) is 24.6. The number of oxime groups is 1. The Balaban J connectivity index is 0.000000346. The largest absolute Gasteiger partial charge is 0.496 e. The number of carboxylic acid groups (broad SMARTS) is 1. The lowest BCUT2D eigenvalue weighted by Gasteiger charge is -2.05. The number of nitrogens with two attached hydrogens (primary N) is 1. The summed E-state index contributed by atoms with van der Waals surface area (Å²) in [5.41, 5.74) is 4.20. The topological polar surface area (TPSA) is 113 Å². The molecule has 0 aromatic heterocycles. The molecule has 0 aliphatic rings. The first kappa shape index (κ1) is 27.4. The van der Waals surface area contributed by atoms with Gasteiger partial charge in [-0.05, 0) is 51.1 Å². The van der Waals surface area contributed by atoms with E-state index in [9.17, 15) is 4.79 Å². The lowest BCUT2D eigenvalue weighted by molar-refractivity contribution is -0.129. The average Bonchev–Trinajstić information content (AvgIpc) is 2.79. The van der Waals surface area contributed by atoms with Crippen molar-refractivity contribution >= 4 is 23.8 Å². The predicted octanol–water partition coefficient (Wildman–Crippen LogP) is 4.40. The molecule has 0 fully saturated rings. The van der Waals surface area contributed by atoms with Crippen LogP contribution in [-0.4, -0.2) is 44.2 Å². The highest BCUT2D eigenvalue weighted by molar-refractivity contribution is 6.34. The van der Waals surface area contributed by atoms with Crippen LogP contribution in [0.5, 0.6) is 11.5 Å². The van der Waals surface area contributed by atoms with Crippen LogP contribution in [0.2, 0.25) is 0 Å². The fraction of sp³-hybridized carbons (Fsp3) is 0.280. The van der Waals surface area contributed by atoms with Gasteiger partial charge in [-0.25, -0.2) is 10.7 Å². The van der Waals surface area contributed by atoms with Gasteiger partial charge in [0, 0.05) is 11.1 Å². The van der Waals surface area contributed by atoms with E-state index in [-0.39, 0.29) is 12.3 Å². The quantitative estimate of drug-likeness (QED) is 0.309. The lowest BCUT2D eigenvalue weighted by Crippen LogP contribution is -2.08. The molecule has 2 rings (SSSR count). The van der Waals surface area contributed by atoms with E-state index in [1.807, 2.05) is 68.5 Å². The number of aryl methyl sites for hydroxylation is 2. The number of methoxy groups -OCH3 is 2. The van der Waals surface area contributed by atoms with Crippen LogP contribution >= 0.6 is 0 Å². The maximum atomic E-state index is 10.5. The van der Waals surface area contributed by atoms with Crippen LogP contribution in [0.15, 0.2) is 53.7 Å². The molecule has 2 aromatic carbocycles. The second kappa shape index (κ2) is 15.2. The van der Waals surface area contributed by atoms with E-state index in [2.05, 4.69) is 9.99 Å². The van der Waals surface area contributed by atoms with Crippen molar-refractivity contribution in [2.45, 2.75) is 20.8 Å². The molecular weight excluding hydrogens is 424 g/mol. The molecule has 0 aliphatic heterocycles. The minimum Gasteiger partial charge on any atom is -0.496 e. The van der Waals surface area contributed by atoms with E-state index in [0.29, 0.717) is 6.61 Å². The van der Waals surface area contributed by atoms with E-state index < -0.39 is 5.97 Å². The number of aliphatic carboxylic acids is 1. The SMILES string of the molecule is COc1ccc(C)cc1C=CCON.COc1ccc(C)cc1C=CCON=C(C)C(=O)O. The third-order valence-electron chi connectivity index (χ3n) is 4.24. The Kier molecular flexibility index (Phi) is 12.6. The van der Waals surface area contributed by atoms with Crippen molar-refractivity contribution in [1.29, 1.82) is 0 Å². The fourth-order valence-corrected chi connectivity index (χ4v) is 2.59. The van der Waals surface area contributed by atoms with E-state index >= 15 is 0 Å². The Labute approximate surface area is 194 Å². The molecule has 0 bridgehead atoms. The monoisotopic (exact) mass is 456 g/mol. The molecule has 3 N–H and O–H groups in total. The molecule has 0 saturated heterocycles. The first-order chi connectivity index (χ1) is 15.8. The summed E-state index contributed by atoms with van der Waals surface area (Å²) in [7, 11) is 3.26. The van der Waals surface area contributed by atoms with Crippen molar-refractivity contribution in [3.05, 3.63) is 70.8 Å². The number of hydrogen-bond acceptors (Lipinski definition) is 7. The van der Waals surface area contributed by atoms with Gasteiger partial charge in [-0.15, -0.1) is 0 Å². The highest BCUT2D eigenvalue weighted by atomic mass is 16.6. The minimum atomic E-state index is -1.09. The Morgan fingerprint density at radius 3 is 1.85 bits per heavy atom. The highest BCUT2D eigenvalue weighted by Gasteiger charge is 2.01. The first-order valence-corrected chi connectivity index (χ1v) is 10.2. The summed E-state index contributed by atoms with van der Waals surface area (Å²) in [5.74, 6) is 5.44. The maximum Gasteiger partial charge on any atom is 0.353 e. The Hall–Kier alpha value is -3.62. The van der Waals surface area contributed by atoms with Gasteiger partial charge >= 0.3 is 5.97 Å². The van der Waals surface area contributed by atoms with Crippen LogP contribution in [0.1, 0.15) is 29.2 Å². The summed E-state index contributed by atoms with van der Waals surface area (Å²) in [6.07, 6.45) is 7.36. The Morgan fingerprint density at radius 2 is 1.42 bits per heavy atom. The Morgan fingerprint density at radius 1 is 0.939 bits per heavy atom. The van der Waals surface area contributed by atoms with Gasteiger partial charge in [0.05, 0.1) is 20.8 Å². The summed E-state index contributed by atoms with van der Waals surface area (Å²) in [5, 5.41) is 12.0. The van der Waals surface area contributed by atoms with E-state index in [1.165, 1.54) is 12.5 Å².